The SMILES string of the molecule is CN(C(N)=O)C1(c2ccccc2)CCNCC1. The van der Waals surface area contributed by atoms with Crippen LogP contribution in [0.3, 0.4) is 0 Å². The second-order valence-corrected chi connectivity index (χ2v) is 4.54. The first kappa shape index (κ1) is 11.9. The van der Waals surface area contributed by atoms with E-state index in [4.69, 9.17) is 5.73 Å². The number of benzene rings is 1. The monoisotopic (exact) mass is 233 g/mol. The average Bonchev–Trinajstić information content (AvgIpc) is 2.39. The van der Waals surface area contributed by atoms with Crippen molar-refractivity contribution in [2.75, 3.05) is 20.1 Å². The van der Waals surface area contributed by atoms with Crippen LogP contribution >= 0.6 is 0 Å². The van der Waals surface area contributed by atoms with Gasteiger partial charge in [0, 0.05) is 7.05 Å². The van der Waals surface area contributed by atoms with Crippen molar-refractivity contribution < 1.29 is 4.79 Å². The summed E-state index contributed by atoms with van der Waals surface area (Å²) in [4.78, 5) is 13.2. The maximum absolute atomic E-state index is 11.5. The Hall–Kier alpha value is -1.55. The van der Waals surface area contributed by atoms with E-state index in [0.29, 0.717) is 0 Å². The van der Waals surface area contributed by atoms with E-state index >= 15 is 0 Å². The summed E-state index contributed by atoms with van der Waals surface area (Å²) in [7, 11) is 1.79. The highest BCUT2D eigenvalue weighted by Crippen LogP contribution is 2.35. The molecule has 0 bridgehead atoms. The minimum Gasteiger partial charge on any atom is -0.351 e. The highest BCUT2D eigenvalue weighted by atomic mass is 16.2. The predicted molar refractivity (Wildman–Crippen MR) is 67.6 cm³/mol. The van der Waals surface area contributed by atoms with Gasteiger partial charge in [-0.1, -0.05) is 30.3 Å². The normalized spacial score (nSPS) is 18.6. The highest BCUT2D eigenvalue weighted by molar-refractivity contribution is 5.73. The molecule has 2 rings (SSSR count). The number of piperidine rings is 1. The van der Waals surface area contributed by atoms with Crippen LogP contribution in [0.2, 0.25) is 0 Å². The molecule has 0 aliphatic carbocycles. The standard InChI is InChI=1S/C13H19N3O/c1-16(12(14)17)13(7-9-15-10-8-13)11-5-3-2-4-6-11/h2-6,15H,7-10H2,1H3,(H2,14,17). The van der Waals surface area contributed by atoms with Gasteiger partial charge in [0.2, 0.25) is 0 Å². The zero-order valence-corrected chi connectivity index (χ0v) is 10.1. The lowest BCUT2D eigenvalue weighted by Crippen LogP contribution is -2.54. The molecular formula is C13H19N3O. The second-order valence-electron chi connectivity index (χ2n) is 4.54. The molecule has 1 aromatic carbocycles. The molecule has 2 amide bonds. The van der Waals surface area contributed by atoms with Gasteiger partial charge in [0.25, 0.3) is 0 Å². The number of carbonyl (C=O) groups is 1. The Morgan fingerprint density at radius 2 is 1.88 bits per heavy atom. The summed E-state index contributed by atoms with van der Waals surface area (Å²) < 4.78 is 0. The molecule has 1 aliphatic rings. The summed E-state index contributed by atoms with van der Waals surface area (Å²) in [6.45, 7) is 1.82. The van der Waals surface area contributed by atoms with Crippen molar-refractivity contribution in [2.45, 2.75) is 18.4 Å². The van der Waals surface area contributed by atoms with E-state index in [2.05, 4.69) is 17.4 Å². The number of carbonyl (C=O) groups excluding carboxylic acids is 1. The van der Waals surface area contributed by atoms with Gasteiger partial charge in [-0.15, -0.1) is 0 Å². The number of hydrogen-bond donors (Lipinski definition) is 2. The van der Waals surface area contributed by atoms with Crippen molar-refractivity contribution in [3.63, 3.8) is 0 Å². The van der Waals surface area contributed by atoms with Crippen LogP contribution in [0.25, 0.3) is 0 Å². The molecule has 0 saturated carbocycles. The van der Waals surface area contributed by atoms with Gasteiger partial charge in [-0.2, -0.15) is 0 Å². The van der Waals surface area contributed by atoms with Crippen LogP contribution in [0.15, 0.2) is 30.3 Å². The van der Waals surface area contributed by atoms with E-state index in [1.165, 1.54) is 5.56 Å². The van der Waals surface area contributed by atoms with E-state index in [1.54, 1.807) is 11.9 Å². The lowest BCUT2D eigenvalue weighted by atomic mass is 9.80. The van der Waals surface area contributed by atoms with Crippen LogP contribution in [0.5, 0.6) is 0 Å². The fourth-order valence-corrected chi connectivity index (χ4v) is 2.62. The van der Waals surface area contributed by atoms with Gasteiger partial charge >= 0.3 is 6.03 Å². The number of amides is 2. The Bertz CT molecular complexity index is 385. The van der Waals surface area contributed by atoms with Crippen LogP contribution < -0.4 is 11.1 Å². The first-order chi connectivity index (χ1) is 8.17. The number of hydrogen-bond acceptors (Lipinski definition) is 2. The molecule has 0 radical (unpaired) electrons. The third-order valence-electron chi connectivity index (χ3n) is 3.71. The summed E-state index contributed by atoms with van der Waals surface area (Å²) in [5.41, 5.74) is 6.37. The van der Waals surface area contributed by atoms with Crippen molar-refractivity contribution >= 4 is 6.03 Å². The fraction of sp³-hybridized carbons (Fsp3) is 0.462. The van der Waals surface area contributed by atoms with Gasteiger partial charge in [-0.3, -0.25) is 0 Å². The number of urea groups is 1. The zero-order chi connectivity index (χ0) is 12.3. The highest BCUT2D eigenvalue weighted by Gasteiger charge is 2.39. The molecule has 1 aliphatic heterocycles. The van der Waals surface area contributed by atoms with Gasteiger partial charge in [0.05, 0.1) is 5.54 Å². The molecule has 1 fully saturated rings. The fourth-order valence-electron chi connectivity index (χ4n) is 2.62. The summed E-state index contributed by atoms with van der Waals surface area (Å²) in [6, 6.07) is 9.79. The molecule has 1 saturated heterocycles. The van der Waals surface area contributed by atoms with Crippen molar-refractivity contribution in [3.05, 3.63) is 35.9 Å². The minimum atomic E-state index is -0.365. The van der Waals surface area contributed by atoms with Gasteiger partial charge in [-0.25, -0.2) is 4.79 Å². The molecule has 0 aromatic heterocycles. The first-order valence-electron chi connectivity index (χ1n) is 5.96. The Kier molecular flexibility index (Phi) is 3.33. The van der Waals surface area contributed by atoms with Crippen molar-refractivity contribution in [3.8, 4) is 0 Å². The second kappa shape index (κ2) is 4.75. The zero-order valence-electron chi connectivity index (χ0n) is 10.1. The van der Waals surface area contributed by atoms with Crippen molar-refractivity contribution in [1.82, 2.24) is 10.2 Å². The van der Waals surface area contributed by atoms with Crippen LogP contribution in [0.1, 0.15) is 18.4 Å². The third-order valence-corrected chi connectivity index (χ3v) is 3.71. The topological polar surface area (TPSA) is 58.4 Å². The Balaban J connectivity index is 2.39. The van der Waals surface area contributed by atoms with E-state index < -0.39 is 0 Å². The Morgan fingerprint density at radius 3 is 2.41 bits per heavy atom. The third kappa shape index (κ3) is 2.13. The molecule has 0 atom stereocenters. The number of nitrogens with one attached hydrogen (secondary N) is 1. The van der Waals surface area contributed by atoms with E-state index in [-0.39, 0.29) is 11.6 Å². The summed E-state index contributed by atoms with van der Waals surface area (Å²) in [5, 5.41) is 3.32. The van der Waals surface area contributed by atoms with E-state index in [0.717, 1.165) is 25.9 Å². The van der Waals surface area contributed by atoms with E-state index in [1.807, 2.05) is 18.2 Å². The largest absolute Gasteiger partial charge is 0.351 e. The predicted octanol–water partition coefficient (Wildman–Crippen LogP) is 1.28. The van der Waals surface area contributed by atoms with Crippen molar-refractivity contribution in [1.29, 1.82) is 0 Å². The van der Waals surface area contributed by atoms with Gasteiger partial charge in [0.15, 0.2) is 0 Å². The average molecular weight is 233 g/mol. The van der Waals surface area contributed by atoms with Gasteiger partial charge in [0.1, 0.15) is 0 Å². The Labute approximate surface area is 102 Å². The number of primary amides is 1. The summed E-state index contributed by atoms with van der Waals surface area (Å²) in [6.07, 6.45) is 1.80. The van der Waals surface area contributed by atoms with Crippen LogP contribution in [0, 0.1) is 0 Å². The molecule has 92 valence electrons. The summed E-state index contributed by atoms with van der Waals surface area (Å²) >= 11 is 0. The van der Waals surface area contributed by atoms with Gasteiger partial charge in [-0.05, 0) is 31.5 Å². The summed E-state index contributed by atoms with van der Waals surface area (Å²) in [5.74, 6) is 0. The molecule has 1 aromatic rings. The molecule has 17 heavy (non-hydrogen) atoms. The number of rotatable bonds is 2. The molecule has 1 heterocycles. The molecule has 4 heteroatoms. The van der Waals surface area contributed by atoms with Crippen LogP contribution in [-0.2, 0) is 5.54 Å². The van der Waals surface area contributed by atoms with Crippen molar-refractivity contribution in [2.24, 2.45) is 5.73 Å². The molecule has 4 nitrogen and oxygen atoms in total. The maximum Gasteiger partial charge on any atom is 0.315 e. The number of nitrogens with two attached hydrogens (primary N) is 1. The quantitative estimate of drug-likeness (QED) is 0.808. The first-order valence-corrected chi connectivity index (χ1v) is 5.96. The van der Waals surface area contributed by atoms with Gasteiger partial charge < -0.3 is 16.0 Å². The maximum atomic E-state index is 11.5. The van der Waals surface area contributed by atoms with Crippen LogP contribution in [0.4, 0.5) is 4.79 Å². The lowest BCUT2D eigenvalue weighted by Gasteiger charge is -2.44. The number of nitrogens with zero attached hydrogens (tertiary/aromatic N) is 1. The molecular weight excluding hydrogens is 214 g/mol. The van der Waals surface area contributed by atoms with E-state index in [9.17, 15) is 4.79 Å². The lowest BCUT2D eigenvalue weighted by molar-refractivity contribution is 0.108. The molecule has 0 unspecified atom stereocenters. The minimum absolute atomic E-state index is 0.252. The molecule has 3 N–H and O–H groups in total. The molecule has 0 spiro atoms. The Morgan fingerprint density at radius 1 is 1.29 bits per heavy atom. The van der Waals surface area contributed by atoms with Crippen LogP contribution in [-0.4, -0.2) is 31.1 Å². The smallest absolute Gasteiger partial charge is 0.315 e.